The molecule has 0 saturated carbocycles. The molecule has 1 unspecified atom stereocenters. The van der Waals surface area contributed by atoms with Gasteiger partial charge in [-0.25, -0.2) is 4.79 Å². The number of piperazine rings is 1. The van der Waals surface area contributed by atoms with Crippen LogP contribution in [-0.4, -0.2) is 54.5 Å². The molecule has 0 radical (unpaired) electrons. The van der Waals surface area contributed by atoms with Crippen molar-refractivity contribution in [2.75, 3.05) is 32.8 Å². The maximum Gasteiger partial charge on any atom is 0.328 e. The van der Waals surface area contributed by atoms with Crippen LogP contribution >= 0.6 is 11.6 Å². The average molecular weight is 427 g/mol. The lowest BCUT2D eigenvalue weighted by atomic mass is 10.0. The number of carbonyl (C=O) groups excluding carboxylic acids is 2. The molecular weight excluding hydrogens is 404 g/mol. The Balaban J connectivity index is 1.47. The fourth-order valence-corrected chi connectivity index (χ4v) is 3.91. The first-order valence-electron chi connectivity index (χ1n) is 10.0. The predicted molar refractivity (Wildman–Crippen MR) is 115 cm³/mol. The molecule has 156 valence electrons. The Morgan fingerprint density at radius 3 is 2.43 bits per heavy atom. The molecule has 1 aliphatic rings. The molecule has 30 heavy (non-hydrogen) atoms. The lowest BCUT2D eigenvalue weighted by Gasteiger charge is -2.38. The van der Waals surface area contributed by atoms with Gasteiger partial charge in [0.1, 0.15) is 11.6 Å². The number of nitrogens with zero attached hydrogens (tertiary/aromatic N) is 2. The summed E-state index contributed by atoms with van der Waals surface area (Å²) < 4.78 is 11.0. The van der Waals surface area contributed by atoms with E-state index in [2.05, 4.69) is 0 Å². The van der Waals surface area contributed by atoms with Crippen molar-refractivity contribution in [3.8, 4) is 0 Å². The highest BCUT2D eigenvalue weighted by Crippen LogP contribution is 2.26. The van der Waals surface area contributed by atoms with E-state index in [4.69, 9.17) is 20.8 Å². The van der Waals surface area contributed by atoms with Gasteiger partial charge in [-0.15, -0.1) is 0 Å². The second-order valence-electron chi connectivity index (χ2n) is 7.18. The highest BCUT2D eigenvalue weighted by atomic mass is 35.5. The van der Waals surface area contributed by atoms with Crippen molar-refractivity contribution in [3.05, 3.63) is 70.9 Å². The first-order chi connectivity index (χ1) is 14.6. The van der Waals surface area contributed by atoms with E-state index in [0.717, 1.165) is 10.9 Å². The fourth-order valence-electron chi connectivity index (χ4n) is 3.79. The minimum Gasteiger partial charge on any atom is -0.465 e. The third-order valence-corrected chi connectivity index (χ3v) is 5.55. The number of carbonyl (C=O) groups is 2. The summed E-state index contributed by atoms with van der Waals surface area (Å²) in [7, 11) is 0. The number of para-hydroxylation sites is 1. The maximum atomic E-state index is 12.9. The van der Waals surface area contributed by atoms with Gasteiger partial charge < -0.3 is 14.1 Å². The number of amides is 1. The number of esters is 1. The van der Waals surface area contributed by atoms with Gasteiger partial charge in [0, 0.05) is 36.6 Å². The SMILES string of the molecule is CCOC(=O)C(c1ccc(Cl)cc1)N1CCN(C(=O)c2cc3ccccc3o2)CC1. The second-order valence-corrected chi connectivity index (χ2v) is 7.62. The van der Waals surface area contributed by atoms with E-state index in [9.17, 15) is 9.59 Å². The summed E-state index contributed by atoms with van der Waals surface area (Å²) in [5.41, 5.74) is 1.53. The Labute approximate surface area is 180 Å². The van der Waals surface area contributed by atoms with Crippen LogP contribution in [0.4, 0.5) is 0 Å². The Kier molecular flexibility index (Phi) is 6.06. The summed E-state index contributed by atoms with van der Waals surface area (Å²) >= 11 is 6.00. The number of rotatable bonds is 5. The van der Waals surface area contributed by atoms with Gasteiger partial charge >= 0.3 is 5.97 Å². The van der Waals surface area contributed by atoms with Crippen LogP contribution in [0.25, 0.3) is 11.0 Å². The first kappa shape index (κ1) is 20.4. The van der Waals surface area contributed by atoms with Gasteiger partial charge in [-0.1, -0.05) is 41.9 Å². The second kappa shape index (κ2) is 8.90. The normalized spacial score (nSPS) is 15.9. The highest BCUT2D eigenvalue weighted by molar-refractivity contribution is 6.30. The number of hydrogen-bond donors (Lipinski definition) is 0. The zero-order valence-corrected chi connectivity index (χ0v) is 17.5. The van der Waals surface area contributed by atoms with Crippen molar-refractivity contribution in [2.45, 2.75) is 13.0 Å². The molecule has 1 atom stereocenters. The number of ether oxygens (including phenoxy) is 1. The third kappa shape index (κ3) is 4.20. The minimum atomic E-state index is -0.523. The number of halogens is 1. The molecule has 1 saturated heterocycles. The molecule has 0 aliphatic carbocycles. The predicted octanol–water partition coefficient (Wildman–Crippen LogP) is 4.15. The van der Waals surface area contributed by atoms with E-state index in [-0.39, 0.29) is 11.9 Å². The quantitative estimate of drug-likeness (QED) is 0.573. The van der Waals surface area contributed by atoms with E-state index in [1.807, 2.05) is 41.3 Å². The summed E-state index contributed by atoms with van der Waals surface area (Å²) in [4.78, 5) is 29.4. The molecule has 1 aromatic heterocycles. The van der Waals surface area contributed by atoms with Crippen LogP contribution in [0.1, 0.15) is 29.1 Å². The van der Waals surface area contributed by atoms with E-state index in [0.29, 0.717) is 49.2 Å². The van der Waals surface area contributed by atoms with Gasteiger partial charge in [0.15, 0.2) is 5.76 Å². The van der Waals surface area contributed by atoms with Crippen LogP contribution in [0, 0.1) is 0 Å². The summed E-state index contributed by atoms with van der Waals surface area (Å²) in [6.45, 7) is 4.21. The molecule has 4 rings (SSSR count). The van der Waals surface area contributed by atoms with Crippen LogP contribution in [0.2, 0.25) is 5.02 Å². The first-order valence-corrected chi connectivity index (χ1v) is 10.4. The van der Waals surface area contributed by atoms with Crippen molar-refractivity contribution in [1.82, 2.24) is 9.80 Å². The molecule has 2 heterocycles. The summed E-state index contributed by atoms with van der Waals surface area (Å²) in [5, 5.41) is 1.52. The number of hydrogen-bond acceptors (Lipinski definition) is 5. The van der Waals surface area contributed by atoms with Crippen LogP contribution in [0.3, 0.4) is 0 Å². The monoisotopic (exact) mass is 426 g/mol. The van der Waals surface area contributed by atoms with E-state index >= 15 is 0 Å². The zero-order valence-electron chi connectivity index (χ0n) is 16.7. The number of benzene rings is 2. The number of fused-ring (bicyclic) bond motifs is 1. The van der Waals surface area contributed by atoms with Crippen molar-refractivity contribution < 1.29 is 18.7 Å². The van der Waals surface area contributed by atoms with Crippen LogP contribution in [-0.2, 0) is 9.53 Å². The molecule has 0 N–H and O–H groups in total. The summed E-state index contributed by atoms with van der Waals surface area (Å²) in [5.74, 6) is -0.0915. The van der Waals surface area contributed by atoms with Gasteiger partial charge in [0.25, 0.3) is 5.91 Å². The number of furan rings is 1. The highest BCUT2D eigenvalue weighted by Gasteiger charge is 2.33. The molecular formula is C23H23ClN2O4. The van der Waals surface area contributed by atoms with Crippen molar-refractivity contribution in [2.24, 2.45) is 0 Å². The van der Waals surface area contributed by atoms with E-state index < -0.39 is 6.04 Å². The van der Waals surface area contributed by atoms with Gasteiger partial charge in [-0.2, -0.15) is 0 Å². The van der Waals surface area contributed by atoms with Crippen LogP contribution in [0.5, 0.6) is 0 Å². The molecule has 1 amide bonds. The topological polar surface area (TPSA) is 63.0 Å². The summed E-state index contributed by atoms with van der Waals surface area (Å²) in [6.07, 6.45) is 0. The zero-order chi connectivity index (χ0) is 21.1. The maximum absolute atomic E-state index is 12.9. The Morgan fingerprint density at radius 1 is 1.07 bits per heavy atom. The molecule has 7 heteroatoms. The fraction of sp³-hybridized carbons (Fsp3) is 0.304. The van der Waals surface area contributed by atoms with Gasteiger partial charge in [-0.3, -0.25) is 9.69 Å². The lowest BCUT2D eigenvalue weighted by Crippen LogP contribution is -2.51. The van der Waals surface area contributed by atoms with Crippen molar-refractivity contribution >= 4 is 34.4 Å². The van der Waals surface area contributed by atoms with E-state index in [1.54, 1.807) is 30.0 Å². The van der Waals surface area contributed by atoms with Gasteiger partial charge in [0.2, 0.25) is 0 Å². The van der Waals surface area contributed by atoms with Gasteiger partial charge in [0.05, 0.1) is 6.61 Å². The molecule has 2 aromatic carbocycles. The minimum absolute atomic E-state index is 0.134. The summed E-state index contributed by atoms with van der Waals surface area (Å²) in [6, 6.07) is 16.0. The van der Waals surface area contributed by atoms with Gasteiger partial charge in [-0.05, 0) is 36.8 Å². The largest absolute Gasteiger partial charge is 0.465 e. The van der Waals surface area contributed by atoms with Crippen LogP contribution in [0.15, 0.2) is 59.0 Å². The standard InChI is InChI=1S/C23H23ClN2O4/c1-2-29-23(28)21(16-7-9-18(24)10-8-16)25-11-13-26(14-12-25)22(27)20-15-17-5-3-4-6-19(17)30-20/h3-10,15,21H,2,11-14H2,1H3. The molecule has 1 aliphatic heterocycles. The Morgan fingerprint density at radius 2 is 1.77 bits per heavy atom. The Hall–Kier alpha value is -2.83. The van der Waals surface area contributed by atoms with Crippen LogP contribution < -0.4 is 0 Å². The third-order valence-electron chi connectivity index (χ3n) is 5.30. The average Bonchev–Trinajstić information content (AvgIpc) is 3.20. The van der Waals surface area contributed by atoms with Crippen molar-refractivity contribution in [1.29, 1.82) is 0 Å². The molecule has 0 bridgehead atoms. The molecule has 3 aromatic rings. The lowest BCUT2D eigenvalue weighted by molar-refractivity contribution is -0.150. The van der Waals surface area contributed by atoms with Crippen molar-refractivity contribution in [3.63, 3.8) is 0 Å². The molecule has 1 fully saturated rings. The van der Waals surface area contributed by atoms with E-state index in [1.165, 1.54) is 0 Å². The molecule has 0 spiro atoms. The Bertz CT molecular complexity index is 1010. The smallest absolute Gasteiger partial charge is 0.328 e. The molecule has 6 nitrogen and oxygen atoms in total.